The molecule has 2 heterocycles. The minimum atomic E-state index is -1.05. The zero-order valence-corrected chi connectivity index (χ0v) is 12.2. The molecular weight excluding hydrogens is 308 g/mol. The molecule has 0 aliphatic heterocycles. The van der Waals surface area contributed by atoms with E-state index < -0.39 is 5.97 Å². The van der Waals surface area contributed by atoms with Gasteiger partial charge in [0.05, 0.1) is 4.88 Å². The summed E-state index contributed by atoms with van der Waals surface area (Å²) in [5.41, 5.74) is 1.62. The lowest BCUT2D eigenvalue weighted by Crippen LogP contribution is -1.98. The van der Waals surface area contributed by atoms with Crippen LogP contribution >= 0.6 is 22.9 Å². The molecule has 0 spiro atoms. The molecule has 0 fully saturated rings. The third kappa shape index (κ3) is 2.79. The van der Waals surface area contributed by atoms with Gasteiger partial charge in [-0.3, -0.25) is 4.98 Å². The van der Waals surface area contributed by atoms with Crippen LogP contribution in [-0.4, -0.2) is 21.0 Å². The smallest absolute Gasteiger partial charge is 0.356 e. The van der Waals surface area contributed by atoms with E-state index in [2.05, 4.69) is 9.97 Å². The summed E-state index contributed by atoms with van der Waals surface area (Å²) in [5.74, 6) is -1.05. The molecule has 0 saturated carbocycles. The van der Waals surface area contributed by atoms with Crippen molar-refractivity contribution in [1.82, 2.24) is 9.97 Å². The first-order valence-corrected chi connectivity index (χ1v) is 7.25. The SMILES string of the molecule is O=C(O)c1nc(-c2ccncc2)sc1-c1cccc(Cl)c1. The molecule has 3 rings (SSSR count). The number of benzene rings is 1. The van der Waals surface area contributed by atoms with Crippen molar-refractivity contribution >= 4 is 28.9 Å². The summed E-state index contributed by atoms with van der Waals surface area (Å²) in [6, 6.07) is 10.7. The first kappa shape index (κ1) is 13.7. The molecule has 104 valence electrons. The number of halogens is 1. The fraction of sp³-hybridized carbons (Fsp3) is 0. The van der Waals surface area contributed by atoms with Gasteiger partial charge < -0.3 is 5.11 Å². The van der Waals surface area contributed by atoms with Crippen molar-refractivity contribution in [2.24, 2.45) is 0 Å². The predicted molar refractivity (Wildman–Crippen MR) is 82.8 cm³/mol. The zero-order chi connectivity index (χ0) is 14.8. The van der Waals surface area contributed by atoms with E-state index in [0.717, 1.165) is 11.1 Å². The molecule has 0 radical (unpaired) electrons. The van der Waals surface area contributed by atoms with E-state index in [1.54, 1.807) is 42.7 Å². The van der Waals surface area contributed by atoms with Crippen LogP contribution in [0.2, 0.25) is 5.02 Å². The molecule has 2 aromatic heterocycles. The van der Waals surface area contributed by atoms with Crippen molar-refractivity contribution in [3.05, 3.63) is 59.5 Å². The maximum absolute atomic E-state index is 11.4. The van der Waals surface area contributed by atoms with Crippen LogP contribution in [0.15, 0.2) is 48.8 Å². The number of aromatic carboxylic acids is 1. The fourth-order valence-electron chi connectivity index (χ4n) is 1.91. The molecule has 0 aliphatic rings. The van der Waals surface area contributed by atoms with E-state index in [4.69, 9.17) is 11.6 Å². The Morgan fingerprint density at radius 3 is 2.57 bits per heavy atom. The highest BCUT2D eigenvalue weighted by atomic mass is 35.5. The minimum absolute atomic E-state index is 0.0362. The monoisotopic (exact) mass is 316 g/mol. The van der Waals surface area contributed by atoms with Gasteiger partial charge in [0, 0.05) is 23.0 Å². The van der Waals surface area contributed by atoms with Crippen LogP contribution < -0.4 is 0 Å². The first-order valence-electron chi connectivity index (χ1n) is 6.05. The topological polar surface area (TPSA) is 63.1 Å². The van der Waals surface area contributed by atoms with Gasteiger partial charge in [-0.05, 0) is 29.8 Å². The van der Waals surface area contributed by atoms with Gasteiger partial charge in [0.2, 0.25) is 0 Å². The van der Waals surface area contributed by atoms with Gasteiger partial charge in [-0.25, -0.2) is 9.78 Å². The van der Waals surface area contributed by atoms with Crippen LogP contribution in [-0.2, 0) is 0 Å². The molecule has 1 N–H and O–H groups in total. The number of carboxylic acid groups (broad SMARTS) is 1. The zero-order valence-electron chi connectivity index (χ0n) is 10.7. The standard InChI is InChI=1S/C15H9ClN2O2S/c16-11-3-1-2-10(8-11)13-12(15(19)20)18-14(21-13)9-4-6-17-7-5-9/h1-8H,(H,19,20). The van der Waals surface area contributed by atoms with Crippen LogP contribution in [0.25, 0.3) is 21.0 Å². The highest BCUT2D eigenvalue weighted by Gasteiger charge is 2.19. The normalized spacial score (nSPS) is 10.5. The summed E-state index contributed by atoms with van der Waals surface area (Å²) in [5, 5.41) is 10.6. The quantitative estimate of drug-likeness (QED) is 0.785. The lowest BCUT2D eigenvalue weighted by molar-refractivity contribution is 0.0692. The van der Waals surface area contributed by atoms with Gasteiger partial charge in [-0.1, -0.05) is 23.7 Å². The molecule has 0 atom stereocenters. The molecular formula is C15H9ClN2O2S. The molecule has 0 bridgehead atoms. The van der Waals surface area contributed by atoms with Crippen LogP contribution in [0.3, 0.4) is 0 Å². The van der Waals surface area contributed by atoms with E-state index in [-0.39, 0.29) is 5.69 Å². The summed E-state index contributed by atoms with van der Waals surface area (Å²) in [6.07, 6.45) is 3.30. The van der Waals surface area contributed by atoms with E-state index in [1.165, 1.54) is 11.3 Å². The summed E-state index contributed by atoms with van der Waals surface area (Å²) in [7, 11) is 0. The van der Waals surface area contributed by atoms with Crippen molar-refractivity contribution in [3.63, 3.8) is 0 Å². The van der Waals surface area contributed by atoms with E-state index >= 15 is 0 Å². The molecule has 0 aliphatic carbocycles. The van der Waals surface area contributed by atoms with Gasteiger partial charge in [-0.15, -0.1) is 11.3 Å². The molecule has 0 saturated heterocycles. The third-order valence-corrected chi connectivity index (χ3v) is 4.23. The largest absolute Gasteiger partial charge is 0.476 e. The van der Waals surface area contributed by atoms with Gasteiger partial charge in [0.25, 0.3) is 0 Å². The number of hydrogen-bond acceptors (Lipinski definition) is 4. The summed E-state index contributed by atoms with van der Waals surface area (Å²) in [4.78, 5) is 20.2. The lowest BCUT2D eigenvalue weighted by Gasteiger charge is -1.99. The maximum atomic E-state index is 11.4. The molecule has 4 nitrogen and oxygen atoms in total. The van der Waals surface area contributed by atoms with Gasteiger partial charge in [0.15, 0.2) is 5.69 Å². The number of aromatic nitrogens is 2. The molecule has 0 amide bonds. The molecule has 6 heteroatoms. The second-order valence-corrected chi connectivity index (χ2v) is 5.68. The number of rotatable bonds is 3. The van der Waals surface area contributed by atoms with Crippen molar-refractivity contribution < 1.29 is 9.90 Å². The van der Waals surface area contributed by atoms with Crippen LogP contribution in [0.1, 0.15) is 10.5 Å². The van der Waals surface area contributed by atoms with Gasteiger partial charge in [0.1, 0.15) is 5.01 Å². The Balaban J connectivity index is 2.16. The number of carboxylic acids is 1. The van der Waals surface area contributed by atoms with Crippen LogP contribution in [0, 0.1) is 0 Å². The maximum Gasteiger partial charge on any atom is 0.356 e. The number of thiazole rings is 1. The Morgan fingerprint density at radius 1 is 1.14 bits per heavy atom. The highest BCUT2D eigenvalue weighted by molar-refractivity contribution is 7.18. The van der Waals surface area contributed by atoms with Crippen molar-refractivity contribution in [2.45, 2.75) is 0 Å². The van der Waals surface area contributed by atoms with Crippen molar-refractivity contribution in [3.8, 4) is 21.0 Å². The number of hydrogen-bond donors (Lipinski definition) is 1. The molecule has 21 heavy (non-hydrogen) atoms. The fourth-order valence-corrected chi connectivity index (χ4v) is 3.16. The Bertz CT molecular complexity index is 802. The number of pyridine rings is 1. The minimum Gasteiger partial charge on any atom is -0.476 e. The first-order chi connectivity index (χ1) is 10.1. The van der Waals surface area contributed by atoms with Crippen LogP contribution in [0.4, 0.5) is 0 Å². The Morgan fingerprint density at radius 2 is 1.90 bits per heavy atom. The van der Waals surface area contributed by atoms with E-state index in [1.807, 2.05) is 6.07 Å². The highest BCUT2D eigenvalue weighted by Crippen LogP contribution is 2.36. The van der Waals surface area contributed by atoms with Crippen LogP contribution in [0.5, 0.6) is 0 Å². The Labute approximate surface area is 129 Å². The van der Waals surface area contributed by atoms with E-state index in [0.29, 0.717) is 14.9 Å². The summed E-state index contributed by atoms with van der Waals surface area (Å²) < 4.78 is 0. The Kier molecular flexibility index (Phi) is 3.68. The Hall–Kier alpha value is -2.24. The molecule has 1 aromatic carbocycles. The van der Waals surface area contributed by atoms with E-state index in [9.17, 15) is 9.90 Å². The number of nitrogens with zero attached hydrogens (tertiary/aromatic N) is 2. The molecule has 3 aromatic rings. The second-order valence-electron chi connectivity index (χ2n) is 4.25. The average molecular weight is 317 g/mol. The van der Waals surface area contributed by atoms with Crippen molar-refractivity contribution in [1.29, 1.82) is 0 Å². The number of carbonyl (C=O) groups is 1. The lowest BCUT2D eigenvalue weighted by atomic mass is 10.1. The van der Waals surface area contributed by atoms with Crippen molar-refractivity contribution in [2.75, 3.05) is 0 Å². The average Bonchev–Trinajstić information content (AvgIpc) is 2.93. The van der Waals surface area contributed by atoms with Gasteiger partial charge >= 0.3 is 5.97 Å². The summed E-state index contributed by atoms with van der Waals surface area (Å²) >= 11 is 7.30. The van der Waals surface area contributed by atoms with Gasteiger partial charge in [-0.2, -0.15) is 0 Å². The second kappa shape index (κ2) is 5.63. The molecule has 0 unspecified atom stereocenters. The predicted octanol–water partition coefficient (Wildman–Crippen LogP) is 4.22. The summed E-state index contributed by atoms with van der Waals surface area (Å²) in [6.45, 7) is 0. The third-order valence-electron chi connectivity index (χ3n) is 2.84.